The van der Waals surface area contributed by atoms with Gasteiger partial charge in [-0.05, 0) is 53.4 Å². The van der Waals surface area contributed by atoms with Gasteiger partial charge in [0.05, 0.1) is 13.2 Å². The summed E-state index contributed by atoms with van der Waals surface area (Å²) in [5.41, 5.74) is 3.55. The molecule has 1 fully saturated rings. The van der Waals surface area contributed by atoms with Crippen LogP contribution in [0.1, 0.15) is 53.4 Å². The Labute approximate surface area is 190 Å². The normalized spacial score (nSPS) is 28.6. The summed E-state index contributed by atoms with van der Waals surface area (Å²) in [7, 11) is -4.87. The Balaban J connectivity index is 0.00000961. The van der Waals surface area contributed by atoms with Crippen LogP contribution in [0, 0.1) is 0 Å². The predicted octanol–water partition coefficient (Wildman–Crippen LogP) is 2.08. The lowest BCUT2D eigenvalue weighted by molar-refractivity contribution is -0.304. The van der Waals surface area contributed by atoms with Crippen molar-refractivity contribution >= 4 is 7.82 Å². The quantitative estimate of drug-likeness (QED) is 0.205. The molecule has 1 rings (SSSR count). The van der Waals surface area contributed by atoms with Crippen molar-refractivity contribution in [2.24, 2.45) is 0 Å². The maximum Gasteiger partial charge on any atom is 0.270 e. The van der Waals surface area contributed by atoms with Crippen molar-refractivity contribution in [3.05, 3.63) is 34.9 Å². The van der Waals surface area contributed by atoms with E-state index < -0.39 is 45.1 Å². The smallest absolute Gasteiger partial charge is 0.270 e. The molecule has 0 spiro atoms. The molecule has 0 aromatic rings. The number of rotatable bonds is 12. The molecule has 0 aromatic heterocycles. The summed E-state index contributed by atoms with van der Waals surface area (Å²) in [6.45, 7) is 7.15. The molecule has 32 heavy (non-hydrogen) atoms. The van der Waals surface area contributed by atoms with Crippen LogP contribution < -0.4 is 11.0 Å². The SMILES string of the molecule is CC(C)=CCC/C(C)=C/CC/C(C)=C/COP(=O)([O-])O[C@@H]1O[C@H](CO)[C@@H](O)[C@H](O)[C@@H]1O.[NH4+]. The molecule has 1 unspecified atom stereocenters. The Bertz CT molecular complexity index is 689. The fourth-order valence-electron chi connectivity index (χ4n) is 2.92. The topological polar surface area (TPSA) is 185 Å². The van der Waals surface area contributed by atoms with Gasteiger partial charge in [-0.15, -0.1) is 0 Å². The summed E-state index contributed by atoms with van der Waals surface area (Å²) in [4.78, 5) is 12.0. The molecule has 1 heterocycles. The van der Waals surface area contributed by atoms with Crippen LogP contribution in [0.15, 0.2) is 34.9 Å². The van der Waals surface area contributed by atoms with Gasteiger partial charge in [0.2, 0.25) is 0 Å². The summed E-state index contributed by atoms with van der Waals surface area (Å²) in [5, 5.41) is 38.4. The molecule has 10 nitrogen and oxygen atoms in total. The highest BCUT2D eigenvalue weighted by molar-refractivity contribution is 7.45. The first kappa shape index (κ1) is 31.1. The number of aliphatic hydroxyl groups excluding tert-OH is 4. The van der Waals surface area contributed by atoms with Crippen LogP contribution in [0.2, 0.25) is 0 Å². The fraction of sp³-hybridized carbons (Fsp3) is 0.714. The summed E-state index contributed by atoms with van der Waals surface area (Å²) in [6, 6.07) is 0. The lowest BCUT2D eigenvalue weighted by atomic mass is 10.00. The third-order valence-electron chi connectivity index (χ3n) is 4.87. The van der Waals surface area contributed by atoms with Gasteiger partial charge in [0.1, 0.15) is 24.4 Å². The fourth-order valence-corrected chi connectivity index (χ4v) is 3.67. The van der Waals surface area contributed by atoms with E-state index in [0.29, 0.717) is 0 Å². The Morgan fingerprint density at radius 3 is 2.09 bits per heavy atom. The third kappa shape index (κ3) is 11.3. The van der Waals surface area contributed by atoms with Crippen LogP contribution >= 0.6 is 7.82 Å². The van der Waals surface area contributed by atoms with Crippen LogP contribution in [-0.4, -0.2) is 64.3 Å². The van der Waals surface area contributed by atoms with Gasteiger partial charge in [-0.25, -0.2) is 0 Å². The number of aliphatic hydroxyl groups is 4. The Morgan fingerprint density at radius 1 is 0.969 bits per heavy atom. The standard InChI is InChI=1S/C21H37O9P.H3N/c1-14(2)7-5-8-15(3)9-6-10-16(4)11-12-28-31(26,27)30-21-20(25)19(24)18(23)17(13-22)29-21;/h7,9,11,17-25H,5-6,8,10,12-13H2,1-4H3,(H,26,27);1H3/b15-9+,16-11+;/t17-,18-,19+,20+,21+;/m1./s1. The van der Waals surface area contributed by atoms with Gasteiger partial charge in [0.15, 0.2) is 6.29 Å². The molecular weight excluding hydrogens is 441 g/mol. The molecule has 6 atom stereocenters. The van der Waals surface area contributed by atoms with E-state index >= 15 is 0 Å². The van der Waals surface area contributed by atoms with Crippen LogP contribution in [-0.2, 0) is 18.3 Å². The number of allylic oxidation sites excluding steroid dienone is 5. The van der Waals surface area contributed by atoms with Gasteiger partial charge in [0, 0.05) is 0 Å². The van der Waals surface area contributed by atoms with Gasteiger partial charge in [-0.1, -0.05) is 34.9 Å². The van der Waals surface area contributed by atoms with Crippen molar-refractivity contribution in [3.8, 4) is 0 Å². The second kappa shape index (κ2) is 15.1. The van der Waals surface area contributed by atoms with E-state index in [0.717, 1.165) is 31.3 Å². The highest BCUT2D eigenvalue weighted by Gasteiger charge is 2.45. The first-order valence-corrected chi connectivity index (χ1v) is 11.8. The minimum absolute atomic E-state index is 0. The molecule has 0 radical (unpaired) electrons. The third-order valence-corrected chi connectivity index (χ3v) is 5.80. The lowest BCUT2D eigenvalue weighted by Gasteiger charge is -2.41. The van der Waals surface area contributed by atoms with Crippen LogP contribution in [0.3, 0.4) is 0 Å². The van der Waals surface area contributed by atoms with Crippen molar-refractivity contribution in [2.75, 3.05) is 13.2 Å². The molecule has 8 N–H and O–H groups in total. The van der Waals surface area contributed by atoms with Gasteiger partial charge in [-0.3, -0.25) is 9.09 Å². The van der Waals surface area contributed by atoms with Gasteiger partial charge in [0.25, 0.3) is 7.82 Å². The average molecular weight is 482 g/mol. The van der Waals surface area contributed by atoms with Crippen LogP contribution in [0.25, 0.3) is 0 Å². The monoisotopic (exact) mass is 481 g/mol. The molecule has 188 valence electrons. The number of phosphoric ester groups is 1. The molecule has 0 aliphatic carbocycles. The number of quaternary nitrogens is 1. The lowest BCUT2D eigenvalue weighted by Crippen LogP contribution is -2.59. The van der Waals surface area contributed by atoms with E-state index in [9.17, 15) is 24.8 Å². The minimum Gasteiger partial charge on any atom is -0.756 e. The van der Waals surface area contributed by atoms with Crippen LogP contribution in [0.4, 0.5) is 0 Å². The largest absolute Gasteiger partial charge is 0.756 e. The van der Waals surface area contributed by atoms with E-state index in [1.54, 1.807) is 6.08 Å². The number of hydrogen-bond acceptors (Lipinski definition) is 9. The molecule has 0 amide bonds. The Kier molecular flexibility index (Phi) is 14.7. The first-order valence-electron chi connectivity index (χ1n) is 10.4. The number of ether oxygens (including phenoxy) is 1. The van der Waals surface area contributed by atoms with Crippen molar-refractivity contribution in [1.29, 1.82) is 0 Å². The average Bonchev–Trinajstić information content (AvgIpc) is 2.67. The van der Waals surface area contributed by atoms with Gasteiger partial charge in [-0.2, -0.15) is 0 Å². The summed E-state index contributed by atoms with van der Waals surface area (Å²) in [5.74, 6) is 0. The highest BCUT2D eigenvalue weighted by atomic mass is 31.2. The van der Waals surface area contributed by atoms with E-state index in [1.165, 1.54) is 11.1 Å². The summed E-state index contributed by atoms with van der Waals surface area (Å²) >= 11 is 0. The minimum atomic E-state index is -4.87. The highest BCUT2D eigenvalue weighted by Crippen LogP contribution is 2.42. The van der Waals surface area contributed by atoms with Crippen LogP contribution in [0.5, 0.6) is 0 Å². The van der Waals surface area contributed by atoms with Crippen molar-refractivity contribution in [2.45, 2.75) is 84.1 Å². The second-order valence-corrected chi connectivity index (χ2v) is 9.37. The zero-order valence-electron chi connectivity index (χ0n) is 19.6. The molecule has 0 bridgehead atoms. The van der Waals surface area contributed by atoms with E-state index in [4.69, 9.17) is 14.4 Å². The molecule has 0 aromatic carbocycles. The Hall–Kier alpha value is -0.910. The second-order valence-electron chi connectivity index (χ2n) is 8.01. The predicted molar refractivity (Wildman–Crippen MR) is 120 cm³/mol. The first-order chi connectivity index (χ1) is 14.5. The Morgan fingerprint density at radius 2 is 1.53 bits per heavy atom. The van der Waals surface area contributed by atoms with E-state index in [-0.39, 0.29) is 12.8 Å². The van der Waals surface area contributed by atoms with Gasteiger partial charge >= 0.3 is 0 Å². The molecular formula is C21H40NO9P. The van der Waals surface area contributed by atoms with Crippen molar-refractivity contribution in [1.82, 2.24) is 6.15 Å². The zero-order chi connectivity index (χ0) is 23.6. The maximum atomic E-state index is 12.0. The maximum absolute atomic E-state index is 12.0. The van der Waals surface area contributed by atoms with Crippen molar-refractivity contribution in [3.63, 3.8) is 0 Å². The zero-order valence-corrected chi connectivity index (χ0v) is 20.5. The van der Waals surface area contributed by atoms with E-state index in [1.807, 2.05) is 6.92 Å². The number of phosphoric acid groups is 1. The molecule has 11 heteroatoms. The molecule has 0 saturated carbocycles. The van der Waals surface area contributed by atoms with Gasteiger partial charge < -0.3 is 40.7 Å². The van der Waals surface area contributed by atoms with Crippen molar-refractivity contribution < 1.29 is 43.7 Å². The van der Waals surface area contributed by atoms with E-state index in [2.05, 4.69) is 37.4 Å². The summed E-state index contributed by atoms with van der Waals surface area (Å²) in [6.07, 6.45) is 1.34. The molecule has 1 aliphatic rings. The molecule has 1 saturated heterocycles. The summed E-state index contributed by atoms with van der Waals surface area (Å²) < 4.78 is 26.4. The number of hydrogen-bond donors (Lipinski definition) is 5. The molecule has 1 aliphatic heterocycles.